The van der Waals surface area contributed by atoms with Gasteiger partial charge in [-0.3, -0.25) is 4.79 Å². The van der Waals surface area contributed by atoms with Crippen molar-refractivity contribution in [3.8, 4) is 0 Å². The van der Waals surface area contributed by atoms with Crippen molar-refractivity contribution in [1.29, 1.82) is 0 Å². The normalized spacial score (nSPS) is 19.8. The van der Waals surface area contributed by atoms with E-state index in [0.717, 1.165) is 4.31 Å². The van der Waals surface area contributed by atoms with Crippen molar-refractivity contribution >= 4 is 16.0 Å². The average molecular weight is 303 g/mol. The molecule has 0 saturated carbocycles. The highest BCUT2D eigenvalue weighted by Crippen LogP contribution is 2.32. The summed E-state index contributed by atoms with van der Waals surface area (Å²) >= 11 is 0. The summed E-state index contributed by atoms with van der Waals surface area (Å²) in [6, 6.07) is 0.294. The number of ether oxygens (including phenoxy) is 1. The van der Waals surface area contributed by atoms with Crippen LogP contribution in [0, 0.1) is 0 Å². The Morgan fingerprint density at radius 3 is 3.00 bits per heavy atom. The molecular formula is C12H17NO6S. The second kappa shape index (κ2) is 5.94. The fourth-order valence-corrected chi connectivity index (χ4v) is 3.73. The van der Waals surface area contributed by atoms with Gasteiger partial charge >= 0.3 is 5.97 Å². The Bertz CT molecular complexity index is 579. The SMILES string of the molecule is CCOCCS(=O)(=O)N1CCc2occc2C1C(=O)O. The molecule has 1 unspecified atom stereocenters. The van der Waals surface area contributed by atoms with E-state index in [4.69, 9.17) is 9.15 Å². The van der Waals surface area contributed by atoms with Crippen molar-refractivity contribution < 1.29 is 27.5 Å². The van der Waals surface area contributed by atoms with Gasteiger partial charge in [0.15, 0.2) is 6.04 Å². The number of sulfonamides is 1. The third-order valence-corrected chi connectivity index (χ3v) is 4.99. The molecule has 1 aromatic rings. The van der Waals surface area contributed by atoms with Crippen molar-refractivity contribution in [2.45, 2.75) is 19.4 Å². The molecule has 0 fully saturated rings. The zero-order valence-electron chi connectivity index (χ0n) is 11.1. The second-order valence-corrected chi connectivity index (χ2v) is 6.45. The quantitative estimate of drug-likeness (QED) is 0.774. The first kappa shape index (κ1) is 15.0. The predicted molar refractivity (Wildman–Crippen MR) is 69.8 cm³/mol. The molecule has 1 aliphatic heterocycles. The van der Waals surface area contributed by atoms with Gasteiger partial charge < -0.3 is 14.3 Å². The van der Waals surface area contributed by atoms with Crippen LogP contribution in [0.5, 0.6) is 0 Å². The molecule has 1 atom stereocenters. The van der Waals surface area contributed by atoms with Gasteiger partial charge in [-0.05, 0) is 13.0 Å². The summed E-state index contributed by atoms with van der Waals surface area (Å²) in [7, 11) is -3.68. The lowest BCUT2D eigenvalue weighted by Gasteiger charge is -2.31. The van der Waals surface area contributed by atoms with Gasteiger partial charge in [-0.15, -0.1) is 0 Å². The van der Waals surface area contributed by atoms with Crippen LogP contribution in [0.2, 0.25) is 0 Å². The minimum absolute atomic E-state index is 0.0555. The molecule has 0 spiro atoms. The molecule has 0 saturated heterocycles. The largest absolute Gasteiger partial charge is 0.480 e. The van der Waals surface area contributed by atoms with Crippen molar-refractivity contribution in [2.24, 2.45) is 0 Å². The first-order valence-corrected chi connectivity index (χ1v) is 7.94. The minimum Gasteiger partial charge on any atom is -0.480 e. The highest BCUT2D eigenvalue weighted by atomic mass is 32.2. The van der Waals surface area contributed by atoms with Crippen molar-refractivity contribution in [2.75, 3.05) is 25.5 Å². The van der Waals surface area contributed by atoms with E-state index < -0.39 is 22.0 Å². The van der Waals surface area contributed by atoms with E-state index in [1.807, 2.05) is 0 Å². The van der Waals surface area contributed by atoms with Crippen LogP contribution in [0.4, 0.5) is 0 Å². The van der Waals surface area contributed by atoms with E-state index in [1.165, 1.54) is 12.3 Å². The standard InChI is InChI=1S/C12H17NO6S/c1-2-18-7-8-20(16,17)13-5-3-10-9(4-6-19-10)11(13)12(14)15/h4,6,11H,2-3,5,7-8H2,1H3,(H,14,15). The molecule has 20 heavy (non-hydrogen) atoms. The van der Waals surface area contributed by atoms with E-state index in [9.17, 15) is 18.3 Å². The van der Waals surface area contributed by atoms with Crippen molar-refractivity contribution in [1.82, 2.24) is 4.31 Å². The molecule has 0 aliphatic carbocycles. The molecule has 2 rings (SSSR count). The first-order chi connectivity index (χ1) is 9.47. The van der Waals surface area contributed by atoms with Gasteiger partial charge in [-0.1, -0.05) is 0 Å². The fourth-order valence-electron chi connectivity index (χ4n) is 2.28. The van der Waals surface area contributed by atoms with Gasteiger partial charge in [0, 0.05) is 25.1 Å². The Kier molecular flexibility index (Phi) is 4.46. The maximum Gasteiger partial charge on any atom is 0.326 e. The molecule has 1 aromatic heterocycles. The zero-order valence-corrected chi connectivity index (χ0v) is 11.9. The number of carbonyl (C=O) groups is 1. The molecule has 7 nitrogen and oxygen atoms in total. The smallest absolute Gasteiger partial charge is 0.326 e. The number of hydrogen-bond acceptors (Lipinski definition) is 5. The van der Waals surface area contributed by atoms with E-state index in [1.54, 1.807) is 6.92 Å². The third kappa shape index (κ3) is 2.87. The van der Waals surface area contributed by atoms with Crippen LogP contribution in [0.3, 0.4) is 0 Å². The highest BCUT2D eigenvalue weighted by Gasteiger charge is 2.41. The molecule has 2 heterocycles. The number of carboxylic acids is 1. The lowest BCUT2D eigenvalue weighted by Crippen LogP contribution is -2.44. The number of furan rings is 1. The Morgan fingerprint density at radius 1 is 1.60 bits per heavy atom. The molecule has 1 aliphatic rings. The lowest BCUT2D eigenvalue weighted by atomic mass is 10.0. The van der Waals surface area contributed by atoms with Gasteiger partial charge in [0.2, 0.25) is 10.0 Å². The molecule has 0 bridgehead atoms. The van der Waals surface area contributed by atoms with Gasteiger partial charge in [0.05, 0.1) is 18.6 Å². The van der Waals surface area contributed by atoms with Gasteiger partial charge in [0.25, 0.3) is 0 Å². The molecule has 0 aromatic carbocycles. The molecular weight excluding hydrogens is 286 g/mol. The Hall–Kier alpha value is -1.38. The topological polar surface area (TPSA) is 97.1 Å². The van der Waals surface area contributed by atoms with Crippen LogP contribution in [0.15, 0.2) is 16.7 Å². The average Bonchev–Trinajstić information content (AvgIpc) is 2.85. The maximum atomic E-state index is 12.3. The van der Waals surface area contributed by atoms with E-state index in [0.29, 0.717) is 24.4 Å². The van der Waals surface area contributed by atoms with Gasteiger partial charge in [0.1, 0.15) is 5.76 Å². The lowest BCUT2D eigenvalue weighted by molar-refractivity contribution is -0.142. The number of nitrogens with zero attached hydrogens (tertiary/aromatic N) is 1. The van der Waals surface area contributed by atoms with Crippen LogP contribution in [0.1, 0.15) is 24.3 Å². The van der Waals surface area contributed by atoms with E-state index in [2.05, 4.69) is 0 Å². The van der Waals surface area contributed by atoms with Gasteiger partial charge in [-0.2, -0.15) is 4.31 Å². The summed E-state index contributed by atoms with van der Waals surface area (Å²) in [4.78, 5) is 11.4. The van der Waals surface area contributed by atoms with Crippen LogP contribution < -0.4 is 0 Å². The van der Waals surface area contributed by atoms with Crippen LogP contribution in [0.25, 0.3) is 0 Å². The second-order valence-electron chi connectivity index (χ2n) is 4.41. The summed E-state index contributed by atoms with van der Waals surface area (Å²) in [5, 5.41) is 9.33. The van der Waals surface area contributed by atoms with Crippen LogP contribution in [-0.2, 0) is 26.0 Å². The Balaban J connectivity index is 2.25. The Morgan fingerprint density at radius 2 is 2.35 bits per heavy atom. The van der Waals surface area contributed by atoms with E-state index in [-0.39, 0.29) is 18.9 Å². The fraction of sp³-hybridized carbons (Fsp3) is 0.583. The predicted octanol–water partition coefficient (Wildman–Crippen LogP) is 0.630. The summed E-state index contributed by atoms with van der Waals surface area (Å²) in [6.45, 7) is 2.35. The molecule has 1 N–H and O–H groups in total. The maximum absolute atomic E-state index is 12.3. The number of hydrogen-bond donors (Lipinski definition) is 1. The van der Waals surface area contributed by atoms with Crippen LogP contribution in [-0.4, -0.2) is 49.3 Å². The molecule has 112 valence electrons. The summed E-state index contributed by atoms with van der Waals surface area (Å²) in [5.41, 5.74) is 0.406. The minimum atomic E-state index is -3.68. The first-order valence-electron chi connectivity index (χ1n) is 6.33. The number of fused-ring (bicyclic) bond motifs is 1. The number of carboxylic acid groups (broad SMARTS) is 1. The summed E-state index contributed by atoms with van der Waals surface area (Å²) in [6.07, 6.45) is 1.76. The van der Waals surface area contributed by atoms with Crippen molar-refractivity contribution in [3.63, 3.8) is 0 Å². The number of aliphatic carboxylic acids is 1. The summed E-state index contributed by atoms with van der Waals surface area (Å²) in [5.74, 6) is -0.890. The van der Waals surface area contributed by atoms with Crippen molar-refractivity contribution in [3.05, 3.63) is 23.7 Å². The molecule has 0 radical (unpaired) electrons. The zero-order chi connectivity index (χ0) is 14.8. The summed E-state index contributed by atoms with van der Waals surface area (Å²) < 4.78 is 35.8. The van der Waals surface area contributed by atoms with Crippen LogP contribution >= 0.6 is 0 Å². The monoisotopic (exact) mass is 303 g/mol. The Labute approximate surface area is 117 Å². The molecule has 0 amide bonds. The van der Waals surface area contributed by atoms with E-state index >= 15 is 0 Å². The number of rotatable bonds is 6. The third-order valence-electron chi connectivity index (χ3n) is 3.20. The van der Waals surface area contributed by atoms with Gasteiger partial charge in [-0.25, -0.2) is 8.42 Å². The highest BCUT2D eigenvalue weighted by molar-refractivity contribution is 7.89. The molecule has 8 heteroatoms.